The quantitative estimate of drug-likeness (QED) is 0.398. The van der Waals surface area contributed by atoms with E-state index in [9.17, 15) is 13.2 Å². The molecule has 0 radical (unpaired) electrons. The molecular weight excluding hydrogens is 415 g/mol. The molecule has 0 bridgehead atoms. The topological polar surface area (TPSA) is 60.0 Å². The van der Waals surface area contributed by atoms with Gasteiger partial charge in [0.1, 0.15) is 5.82 Å². The Hall–Kier alpha value is -3.29. The predicted octanol–water partition coefficient (Wildman–Crippen LogP) is 6.02. The number of hydrogen-bond donors (Lipinski definition) is 1. The van der Waals surface area contributed by atoms with Gasteiger partial charge in [-0.25, -0.2) is 4.98 Å². The van der Waals surface area contributed by atoms with Crippen molar-refractivity contribution in [1.29, 1.82) is 0 Å². The van der Waals surface area contributed by atoms with Gasteiger partial charge in [-0.1, -0.05) is 32.0 Å². The van der Waals surface area contributed by atoms with E-state index in [1.54, 1.807) is 12.1 Å². The molecular formula is C24H26F3N5. The van der Waals surface area contributed by atoms with Crippen molar-refractivity contribution in [1.82, 2.24) is 14.5 Å². The number of aryl methyl sites for hydroxylation is 1. The number of aromatic nitrogens is 3. The van der Waals surface area contributed by atoms with Crippen molar-refractivity contribution in [3.8, 4) is 11.1 Å². The van der Waals surface area contributed by atoms with Gasteiger partial charge in [0.15, 0.2) is 0 Å². The Morgan fingerprint density at radius 3 is 2.34 bits per heavy atom. The first-order valence-corrected chi connectivity index (χ1v) is 10.7. The molecule has 0 aliphatic heterocycles. The Morgan fingerprint density at radius 2 is 1.69 bits per heavy atom. The van der Waals surface area contributed by atoms with Crippen molar-refractivity contribution in [3.05, 3.63) is 48.2 Å². The number of fused-ring (bicyclic) bond motifs is 3. The van der Waals surface area contributed by atoms with Crippen molar-refractivity contribution < 1.29 is 13.2 Å². The molecule has 0 aliphatic carbocycles. The third kappa shape index (κ3) is 3.74. The fourth-order valence-corrected chi connectivity index (χ4v) is 4.38. The van der Waals surface area contributed by atoms with Crippen LogP contribution < -0.4 is 10.6 Å². The van der Waals surface area contributed by atoms with Gasteiger partial charge in [-0.2, -0.15) is 18.2 Å². The molecule has 0 unspecified atom stereocenters. The number of alkyl halides is 3. The average molecular weight is 442 g/mol. The normalized spacial score (nSPS) is 12.1. The first kappa shape index (κ1) is 21.9. The molecule has 4 rings (SSSR count). The molecule has 2 aromatic heterocycles. The van der Waals surface area contributed by atoms with E-state index < -0.39 is 11.7 Å². The molecule has 0 atom stereocenters. The van der Waals surface area contributed by atoms with Gasteiger partial charge in [0, 0.05) is 37.3 Å². The van der Waals surface area contributed by atoms with Crippen molar-refractivity contribution in [2.24, 2.45) is 7.05 Å². The van der Waals surface area contributed by atoms with Crippen molar-refractivity contribution >= 4 is 33.6 Å². The van der Waals surface area contributed by atoms with Gasteiger partial charge in [-0.15, -0.1) is 0 Å². The molecule has 168 valence electrons. The summed E-state index contributed by atoms with van der Waals surface area (Å²) in [6, 6.07) is 9.26. The van der Waals surface area contributed by atoms with E-state index in [-0.39, 0.29) is 11.5 Å². The fourth-order valence-electron chi connectivity index (χ4n) is 4.38. The molecule has 0 saturated carbocycles. The SMILES string of the molecule is CCCN(CCC)c1nc(N)nc2cc(-c3ccccc3C(F)(F)F)c3c(ccn3C)c12. The number of anilines is 2. The highest BCUT2D eigenvalue weighted by molar-refractivity contribution is 6.16. The second-order valence-electron chi connectivity index (χ2n) is 7.94. The highest BCUT2D eigenvalue weighted by Gasteiger charge is 2.34. The van der Waals surface area contributed by atoms with Gasteiger partial charge < -0.3 is 15.2 Å². The number of nitrogen functional groups attached to an aromatic ring is 1. The van der Waals surface area contributed by atoms with E-state index in [0.717, 1.165) is 48.6 Å². The standard InChI is InChI=1S/C24H26F3N5/c1-4-11-32(12-5-2)22-20-16-10-13-31(3)21(16)17(14-19(20)29-23(28)30-22)15-8-6-7-9-18(15)24(25,26)27/h6-10,13-14H,4-5,11-12H2,1-3H3,(H2,28,29,30). The van der Waals surface area contributed by atoms with Gasteiger partial charge in [0.25, 0.3) is 0 Å². The minimum Gasteiger partial charge on any atom is -0.368 e. The Kier molecular flexibility index (Phi) is 5.71. The maximum atomic E-state index is 13.8. The molecule has 32 heavy (non-hydrogen) atoms. The van der Waals surface area contributed by atoms with Crippen molar-refractivity contribution in [3.63, 3.8) is 0 Å². The number of halogens is 3. The minimum atomic E-state index is -4.47. The summed E-state index contributed by atoms with van der Waals surface area (Å²) >= 11 is 0. The van der Waals surface area contributed by atoms with Crippen LogP contribution in [0, 0.1) is 0 Å². The van der Waals surface area contributed by atoms with Crippen LogP contribution in [0.1, 0.15) is 32.3 Å². The van der Waals surface area contributed by atoms with E-state index in [0.29, 0.717) is 16.6 Å². The zero-order chi connectivity index (χ0) is 23.0. The fraction of sp³-hybridized carbons (Fsp3) is 0.333. The maximum Gasteiger partial charge on any atom is 0.417 e. The van der Waals surface area contributed by atoms with Crippen molar-refractivity contribution in [2.75, 3.05) is 23.7 Å². The van der Waals surface area contributed by atoms with Crippen LogP contribution in [0.4, 0.5) is 24.9 Å². The number of rotatable bonds is 6. The Bertz CT molecular complexity index is 1270. The molecule has 0 saturated heterocycles. The number of nitrogens with two attached hydrogens (primary N) is 1. The predicted molar refractivity (Wildman–Crippen MR) is 124 cm³/mol. The maximum absolute atomic E-state index is 13.8. The Morgan fingerprint density at radius 1 is 1.00 bits per heavy atom. The first-order chi connectivity index (χ1) is 15.3. The van der Waals surface area contributed by atoms with Crippen LogP contribution in [0.3, 0.4) is 0 Å². The number of nitrogens with zero attached hydrogens (tertiary/aromatic N) is 4. The van der Waals surface area contributed by atoms with E-state index in [1.165, 1.54) is 12.1 Å². The van der Waals surface area contributed by atoms with Gasteiger partial charge in [0.2, 0.25) is 5.95 Å². The average Bonchev–Trinajstić information content (AvgIpc) is 3.13. The monoisotopic (exact) mass is 441 g/mol. The number of hydrogen-bond acceptors (Lipinski definition) is 4. The molecule has 2 N–H and O–H groups in total. The smallest absolute Gasteiger partial charge is 0.368 e. The molecule has 5 nitrogen and oxygen atoms in total. The lowest BCUT2D eigenvalue weighted by Gasteiger charge is -2.25. The van der Waals surface area contributed by atoms with Crippen LogP contribution in [0.2, 0.25) is 0 Å². The van der Waals surface area contributed by atoms with Crippen LogP contribution in [-0.4, -0.2) is 27.6 Å². The molecule has 8 heteroatoms. The van der Waals surface area contributed by atoms with E-state index in [4.69, 9.17) is 5.73 Å². The van der Waals surface area contributed by atoms with Gasteiger partial charge >= 0.3 is 6.18 Å². The zero-order valence-electron chi connectivity index (χ0n) is 18.4. The van der Waals surface area contributed by atoms with Gasteiger partial charge in [-0.05, 0) is 36.6 Å². The van der Waals surface area contributed by atoms with Gasteiger partial charge in [-0.3, -0.25) is 0 Å². The summed E-state index contributed by atoms with van der Waals surface area (Å²) in [4.78, 5) is 11.2. The molecule has 0 aliphatic rings. The summed E-state index contributed by atoms with van der Waals surface area (Å²) in [6.07, 6.45) is -0.757. The summed E-state index contributed by atoms with van der Waals surface area (Å²) in [5.74, 6) is 0.832. The summed E-state index contributed by atoms with van der Waals surface area (Å²) < 4.78 is 43.3. The number of benzene rings is 2. The minimum absolute atomic E-state index is 0.107. The lowest BCUT2D eigenvalue weighted by molar-refractivity contribution is -0.137. The summed E-state index contributed by atoms with van der Waals surface area (Å²) in [7, 11) is 1.83. The van der Waals surface area contributed by atoms with E-state index in [2.05, 4.69) is 28.7 Å². The molecule has 4 aromatic rings. The molecule has 0 spiro atoms. The van der Waals surface area contributed by atoms with Gasteiger partial charge in [0.05, 0.1) is 22.0 Å². The Balaban J connectivity index is 2.11. The molecule has 0 fully saturated rings. The highest BCUT2D eigenvalue weighted by Crippen LogP contribution is 2.43. The van der Waals surface area contributed by atoms with Crippen LogP contribution in [-0.2, 0) is 13.2 Å². The lowest BCUT2D eigenvalue weighted by Crippen LogP contribution is -2.26. The first-order valence-electron chi connectivity index (χ1n) is 10.7. The second-order valence-corrected chi connectivity index (χ2v) is 7.94. The largest absolute Gasteiger partial charge is 0.417 e. The third-order valence-electron chi connectivity index (χ3n) is 5.62. The molecule has 0 amide bonds. The van der Waals surface area contributed by atoms with Crippen LogP contribution in [0.15, 0.2) is 42.6 Å². The van der Waals surface area contributed by atoms with Crippen LogP contribution in [0.5, 0.6) is 0 Å². The van der Waals surface area contributed by atoms with Crippen LogP contribution in [0.25, 0.3) is 32.9 Å². The molecule has 2 aromatic carbocycles. The summed E-state index contributed by atoms with van der Waals surface area (Å²) in [6.45, 7) is 5.79. The highest BCUT2D eigenvalue weighted by atomic mass is 19.4. The summed E-state index contributed by atoms with van der Waals surface area (Å²) in [5, 5.41) is 1.62. The zero-order valence-corrected chi connectivity index (χ0v) is 18.4. The van der Waals surface area contributed by atoms with Crippen molar-refractivity contribution in [2.45, 2.75) is 32.9 Å². The van der Waals surface area contributed by atoms with Crippen LogP contribution >= 0.6 is 0 Å². The molecule has 2 heterocycles. The Labute approximate surface area is 184 Å². The third-order valence-corrected chi connectivity index (χ3v) is 5.62. The van der Waals surface area contributed by atoms with E-state index >= 15 is 0 Å². The summed E-state index contributed by atoms with van der Waals surface area (Å²) in [5.41, 5.74) is 7.21. The van der Waals surface area contributed by atoms with E-state index in [1.807, 2.05) is 23.9 Å². The second kappa shape index (κ2) is 8.33. The lowest BCUT2D eigenvalue weighted by atomic mass is 9.95.